The van der Waals surface area contributed by atoms with Crippen LogP contribution in [0, 0.1) is 0 Å². The third-order valence-electron chi connectivity index (χ3n) is 5.51. The van der Waals surface area contributed by atoms with E-state index >= 15 is 0 Å². The lowest BCUT2D eigenvalue weighted by Gasteiger charge is -2.18. The number of phosphoric acid groups is 1. The standard InChI is InChI=1S/C17H26N5O7P/c1-26-30(25,27-2)28-7-11-13(23)14(24)17(29-11)22-9-20-12-15(18-8-19-16(12)22)21-10-5-3-4-6-10/h8-11,13-14,17,23-24H,3-7H2,1-2H3,(H,18,19,21)/t11-,13+,14-,17-/m1/s1. The number of rotatable bonds is 8. The highest BCUT2D eigenvalue weighted by atomic mass is 31.2. The number of hydrogen-bond donors (Lipinski definition) is 3. The van der Waals surface area contributed by atoms with Crippen molar-refractivity contribution >= 4 is 24.8 Å². The average molecular weight is 443 g/mol. The maximum absolute atomic E-state index is 12.1. The summed E-state index contributed by atoms with van der Waals surface area (Å²) in [5.41, 5.74) is 1.01. The number of aliphatic hydroxyl groups excluding tert-OH is 2. The van der Waals surface area contributed by atoms with Crippen LogP contribution in [-0.2, 0) is 22.9 Å². The topological polar surface area (TPSA) is 150 Å². The lowest BCUT2D eigenvalue weighted by atomic mass is 10.1. The highest BCUT2D eigenvalue weighted by Crippen LogP contribution is 2.48. The zero-order valence-corrected chi connectivity index (χ0v) is 17.6. The second-order valence-corrected chi connectivity index (χ2v) is 9.21. The molecule has 2 aromatic heterocycles. The molecule has 1 aliphatic carbocycles. The normalized spacial score (nSPS) is 27.9. The van der Waals surface area contributed by atoms with Crippen molar-refractivity contribution in [2.24, 2.45) is 0 Å². The number of aliphatic hydroxyl groups is 2. The van der Waals surface area contributed by atoms with Gasteiger partial charge in [-0.25, -0.2) is 19.5 Å². The van der Waals surface area contributed by atoms with Crippen molar-refractivity contribution < 1.29 is 33.1 Å². The third kappa shape index (κ3) is 4.09. The number of aromatic nitrogens is 4. The molecule has 4 rings (SSSR count). The Morgan fingerprint density at radius 2 is 1.93 bits per heavy atom. The van der Waals surface area contributed by atoms with Gasteiger partial charge in [-0.05, 0) is 12.8 Å². The minimum absolute atomic E-state index is 0.302. The van der Waals surface area contributed by atoms with E-state index in [0.717, 1.165) is 12.8 Å². The van der Waals surface area contributed by atoms with Gasteiger partial charge in [-0.1, -0.05) is 12.8 Å². The second kappa shape index (κ2) is 8.83. The van der Waals surface area contributed by atoms with Crippen LogP contribution < -0.4 is 5.32 Å². The van der Waals surface area contributed by atoms with E-state index in [2.05, 4.69) is 20.3 Å². The molecular weight excluding hydrogens is 417 g/mol. The molecule has 4 atom stereocenters. The van der Waals surface area contributed by atoms with Crippen LogP contribution in [0.5, 0.6) is 0 Å². The Hall–Kier alpha value is -1.66. The van der Waals surface area contributed by atoms with E-state index in [4.69, 9.17) is 18.3 Å². The molecule has 2 aromatic rings. The molecule has 1 saturated heterocycles. The van der Waals surface area contributed by atoms with E-state index in [9.17, 15) is 14.8 Å². The Morgan fingerprint density at radius 1 is 1.20 bits per heavy atom. The predicted molar refractivity (Wildman–Crippen MR) is 105 cm³/mol. The summed E-state index contributed by atoms with van der Waals surface area (Å²) in [6, 6.07) is 0.349. The fourth-order valence-corrected chi connectivity index (χ4v) is 4.54. The Kier molecular flexibility index (Phi) is 6.35. The summed E-state index contributed by atoms with van der Waals surface area (Å²) in [5, 5.41) is 24.3. The number of ether oxygens (including phenoxy) is 1. The first kappa shape index (κ1) is 21.6. The van der Waals surface area contributed by atoms with Crippen molar-refractivity contribution in [1.82, 2.24) is 19.5 Å². The molecule has 0 bridgehead atoms. The number of nitrogens with one attached hydrogen (secondary N) is 1. The molecule has 1 aliphatic heterocycles. The summed E-state index contributed by atoms with van der Waals surface area (Å²) < 4.78 is 33.9. The number of imidazole rings is 1. The number of fused-ring (bicyclic) bond motifs is 1. The first-order valence-electron chi connectivity index (χ1n) is 9.77. The van der Waals surface area contributed by atoms with Crippen molar-refractivity contribution in [3.8, 4) is 0 Å². The van der Waals surface area contributed by atoms with Gasteiger partial charge < -0.3 is 20.3 Å². The van der Waals surface area contributed by atoms with Crippen LogP contribution in [-0.4, -0.2) is 74.9 Å². The van der Waals surface area contributed by atoms with E-state index in [0.29, 0.717) is 23.0 Å². The Labute approximate surface area is 173 Å². The monoisotopic (exact) mass is 443 g/mol. The lowest BCUT2D eigenvalue weighted by molar-refractivity contribution is -0.0514. The van der Waals surface area contributed by atoms with Gasteiger partial charge >= 0.3 is 7.82 Å². The number of hydrogen-bond acceptors (Lipinski definition) is 11. The van der Waals surface area contributed by atoms with Crippen molar-refractivity contribution in [3.05, 3.63) is 12.7 Å². The van der Waals surface area contributed by atoms with E-state index < -0.39 is 32.4 Å². The number of nitrogens with zero attached hydrogens (tertiary/aromatic N) is 4. The minimum atomic E-state index is -3.74. The minimum Gasteiger partial charge on any atom is -0.387 e. The van der Waals surface area contributed by atoms with Crippen molar-refractivity contribution in [2.75, 3.05) is 26.1 Å². The molecule has 12 nitrogen and oxygen atoms in total. The molecule has 0 unspecified atom stereocenters. The van der Waals surface area contributed by atoms with Gasteiger partial charge in [-0.15, -0.1) is 0 Å². The Balaban J connectivity index is 1.52. The second-order valence-electron chi connectivity index (χ2n) is 7.33. The molecule has 0 amide bonds. The number of phosphoric ester groups is 1. The molecule has 0 radical (unpaired) electrons. The fraction of sp³-hybridized carbons (Fsp3) is 0.706. The maximum Gasteiger partial charge on any atom is 0.474 e. The summed E-state index contributed by atoms with van der Waals surface area (Å²) in [6.07, 6.45) is 2.95. The Bertz CT molecular complexity index is 913. The molecule has 1 saturated carbocycles. The third-order valence-corrected chi connectivity index (χ3v) is 6.87. The van der Waals surface area contributed by atoms with Crippen molar-refractivity contribution in [1.29, 1.82) is 0 Å². The van der Waals surface area contributed by atoms with Gasteiger partial charge in [0.1, 0.15) is 24.6 Å². The highest BCUT2D eigenvalue weighted by molar-refractivity contribution is 7.48. The van der Waals surface area contributed by atoms with Crippen LogP contribution >= 0.6 is 7.82 Å². The van der Waals surface area contributed by atoms with E-state index in [1.807, 2.05) is 0 Å². The van der Waals surface area contributed by atoms with Crippen LogP contribution in [0.1, 0.15) is 31.9 Å². The van der Waals surface area contributed by atoms with Gasteiger partial charge in [0.05, 0.1) is 12.9 Å². The van der Waals surface area contributed by atoms with Gasteiger partial charge in [0.25, 0.3) is 0 Å². The maximum atomic E-state index is 12.1. The van der Waals surface area contributed by atoms with Crippen LogP contribution in [0.15, 0.2) is 12.7 Å². The summed E-state index contributed by atoms with van der Waals surface area (Å²) in [7, 11) is -1.38. The molecule has 2 aliphatic rings. The first-order valence-corrected chi connectivity index (χ1v) is 11.2. The van der Waals surface area contributed by atoms with E-state index in [-0.39, 0.29) is 6.61 Å². The summed E-state index contributed by atoms with van der Waals surface area (Å²) >= 11 is 0. The molecule has 0 aromatic carbocycles. The van der Waals surface area contributed by atoms with Gasteiger partial charge in [0.15, 0.2) is 23.2 Å². The molecule has 3 heterocycles. The largest absolute Gasteiger partial charge is 0.474 e. The molecule has 13 heteroatoms. The average Bonchev–Trinajstić information content (AvgIpc) is 3.48. The molecule has 3 N–H and O–H groups in total. The molecule has 30 heavy (non-hydrogen) atoms. The van der Waals surface area contributed by atoms with E-state index in [1.165, 1.54) is 44.3 Å². The van der Waals surface area contributed by atoms with Crippen LogP contribution in [0.2, 0.25) is 0 Å². The highest BCUT2D eigenvalue weighted by Gasteiger charge is 2.45. The van der Waals surface area contributed by atoms with Crippen LogP contribution in [0.25, 0.3) is 11.2 Å². The van der Waals surface area contributed by atoms with Crippen LogP contribution in [0.3, 0.4) is 0 Å². The summed E-state index contributed by atoms with van der Waals surface area (Å²) in [5.74, 6) is 0.625. The zero-order chi connectivity index (χ0) is 21.3. The van der Waals surface area contributed by atoms with Gasteiger partial charge in [0, 0.05) is 20.3 Å². The van der Waals surface area contributed by atoms with Gasteiger partial charge in [0.2, 0.25) is 0 Å². The van der Waals surface area contributed by atoms with Crippen molar-refractivity contribution in [3.63, 3.8) is 0 Å². The zero-order valence-electron chi connectivity index (χ0n) is 16.7. The smallest absolute Gasteiger partial charge is 0.387 e. The SMILES string of the molecule is COP(=O)(OC)OC[C@H]1O[C@@H](n2cnc3c(NC4CCCC4)ncnc32)[C@H](O)[C@H]1O. The lowest BCUT2D eigenvalue weighted by Crippen LogP contribution is -2.33. The van der Waals surface area contributed by atoms with Gasteiger partial charge in [-0.2, -0.15) is 0 Å². The molecule has 166 valence electrons. The molecule has 2 fully saturated rings. The summed E-state index contributed by atoms with van der Waals surface area (Å²) in [4.78, 5) is 13.0. The first-order chi connectivity index (χ1) is 14.5. The van der Waals surface area contributed by atoms with Gasteiger partial charge in [-0.3, -0.25) is 18.1 Å². The van der Waals surface area contributed by atoms with Crippen LogP contribution in [0.4, 0.5) is 5.82 Å². The quantitative estimate of drug-likeness (QED) is 0.505. The fourth-order valence-electron chi connectivity index (χ4n) is 3.85. The Morgan fingerprint density at radius 3 is 2.63 bits per heavy atom. The predicted octanol–water partition coefficient (Wildman–Crippen LogP) is 1.22. The molecular formula is C17H26N5O7P. The summed E-state index contributed by atoms with van der Waals surface area (Å²) in [6.45, 7) is -0.302. The van der Waals surface area contributed by atoms with Crippen molar-refractivity contribution in [2.45, 2.75) is 56.3 Å². The van der Waals surface area contributed by atoms with E-state index in [1.54, 1.807) is 0 Å². The molecule has 0 spiro atoms. The number of anilines is 1.